The van der Waals surface area contributed by atoms with Crippen molar-refractivity contribution in [3.63, 3.8) is 0 Å². The Balaban J connectivity index is 1.72. The molecule has 0 radical (unpaired) electrons. The standard InChI is InChI=1S/C22H21F2N7O2S/c1-12-10-13(11-27-20(12)25)22-29-17-7-6-15(28-19(17)21(26)30-22)14-4-2-5-16(18(14)24)31-34(32,33)9-3-8-23/h2,4-7,10-11,31H,3,8-9H2,1H3,(H2,25,27)(H2,26,29,30). The van der Waals surface area contributed by atoms with Gasteiger partial charge in [-0.2, -0.15) is 0 Å². The topological polar surface area (TPSA) is 150 Å². The van der Waals surface area contributed by atoms with E-state index in [4.69, 9.17) is 11.5 Å². The number of nitrogens with zero attached hydrogens (tertiary/aromatic N) is 4. The quantitative estimate of drug-likeness (QED) is 0.360. The monoisotopic (exact) mass is 485 g/mol. The van der Waals surface area contributed by atoms with Crippen molar-refractivity contribution in [2.45, 2.75) is 13.3 Å². The summed E-state index contributed by atoms with van der Waals surface area (Å²) in [6.07, 6.45) is 1.36. The average molecular weight is 486 g/mol. The van der Waals surface area contributed by atoms with Crippen molar-refractivity contribution in [1.82, 2.24) is 19.9 Å². The first kappa shape index (κ1) is 23.2. The first-order valence-corrected chi connectivity index (χ1v) is 11.9. The highest BCUT2D eigenvalue weighted by Crippen LogP contribution is 2.30. The molecule has 0 fully saturated rings. The lowest BCUT2D eigenvalue weighted by atomic mass is 10.1. The van der Waals surface area contributed by atoms with E-state index in [1.54, 1.807) is 24.4 Å². The minimum absolute atomic E-state index is 0.0504. The Bertz CT molecular complexity index is 1500. The zero-order chi connectivity index (χ0) is 24.5. The van der Waals surface area contributed by atoms with Crippen LogP contribution in [-0.4, -0.2) is 40.8 Å². The molecule has 0 atom stereocenters. The number of nitrogen functional groups attached to an aromatic ring is 2. The Morgan fingerprint density at radius 2 is 1.85 bits per heavy atom. The average Bonchev–Trinajstić information content (AvgIpc) is 2.80. The summed E-state index contributed by atoms with van der Waals surface area (Å²) in [7, 11) is -3.90. The molecule has 3 aromatic heterocycles. The van der Waals surface area contributed by atoms with E-state index in [9.17, 15) is 12.8 Å². The number of hydrogen-bond donors (Lipinski definition) is 3. The van der Waals surface area contributed by atoms with Crippen LogP contribution in [0.15, 0.2) is 42.6 Å². The normalized spacial score (nSPS) is 11.6. The zero-order valence-corrected chi connectivity index (χ0v) is 18.9. The van der Waals surface area contributed by atoms with Crippen molar-refractivity contribution in [3.8, 4) is 22.6 Å². The molecule has 4 aromatic rings. The summed E-state index contributed by atoms with van der Waals surface area (Å²) in [6.45, 7) is 1.03. The second-order valence-electron chi connectivity index (χ2n) is 7.55. The van der Waals surface area contributed by atoms with Gasteiger partial charge in [-0.3, -0.25) is 9.11 Å². The van der Waals surface area contributed by atoms with Gasteiger partial charge in [-0.15, -0.1) is 0 Å². The van der Waals surface area contributed by atoms with E-state index >= 15 is 4.39 Å². The van der Waals surface area contributed by atoms with E-state index in [0.29, 0.717) is 22.7 Å². The molecule has 3 heterocycles. The maximum atomic E-state index is 15.1. The summed E-state index contributed by atoms with van der Waals surface area (Å²) < 4.78 is 53.8. The fraction of sp³-hybridized carbons (Fsp3) is 0.182. The first-order chi connectivity index (χ1) is 16.2. The Hall–Kier alpha value is -3.93. The van der Waals surface area contributed by atoms with E-state index in [1.165, 1.54) is 18.2 Å². The SMILES string of the molecule is Cc1cc(-c2nc(N)c3nc(-c4cccc(NS(=O)(=O)CCCF)c4F)ccc3n2)cnc1N. The molecule has 0 saturated heterocycles. The number of sulfonamides is 1. The van der Waals surface area contributed by atoms with Crippen molar-refractivity contribution in [2.75, 3.05) is 28.6 Å². The van der Waals surface area contributed by atoms with E-state index < -0.39 is 28.3 Å². The Morgan fingerprint density at radius 1 is 1.06 bits per heavy atom. The highest BCUT2D eigenvalue weighted by Gasteiger charge is 2.18. The molecule has 0 spiro atoms. The number of nitrogens with one attached hydrogen (secondary N) is 1. The Kier molecular flexibility index (Phi) is 6.24. The van der Waals surface area contributed by atoms with Gasteiger partial charge in [-0.1, -0.05) is 6.07 Å². The molecule has 0 aliphatic carbocycles. The minimum Gasteiger partial charge on any atom is -0.383 e. The third-order valence-corrected chi connectivity index (χ3v) is 6.39. The zero-order valence-electron chi connectivity index (χ0n) is 18.1. The number of rotatable bonds is 7. The number of hydrogen-bond acceptors (Lipinski definition) is 8. The maximum Gasteiger partial charge on any atom is 0.232 e. The van der Waals surface area contributed by atoms with Gasteiger partial charge in [0.15, 0.2) is 17.5 Å². The van der Waals surface area contributed by atoms with Crippen molar-refractivity contribution in [2.24, 2.45) is 0 Å². The van der Waals surface area contributed by atoms with Crippen LogP contribution in [0.5, 0.6) is 0 Å². The Morgan fingerprint density at radius 3 is 2.59 bits per heavy atom. The molecule has 1 aromatic carbocycles. The molecular formula is C22H21F2N7O2S. The number of nitrogens with two attached hydrogens (primary N) is 2. The predicted molar refractivity (Wildman–Crippen MR) is 128 cm³/mol. The number of alkyl halides is 1. The molecule has 4 rings (SSSR count). The molecule has 0 saturated carbocycles. The molecule has 0 aliphatic heterocycles. The van der Waals surface area contributed by atoms with Crippen molar-refractivity contribution in [1.29, 1.82) is 0 Å². The molecule has 0 unspecified atom stereocenters. The van der Waals surface area contributed by atoms with E-state index in [1.807, 2.05) is 6.92 Å². The summed E-state index contributed by atoms with van der Waals surface area (Å²) >= 11 is 0. The van der Waals surface area contributed by atoms with Crippen LogP contribution in [-0.2, 0) is 10.0 Å². The van der Waals surface area contributed by atoms with Gasteiger partial charge in [-0.05, 0) is 49.2 Å². The lowest BCUT2D eigenvalue weighted by Crippen LogP contribution is -2.18. The molecular weight excluding hydrogens is 464 g/mol. The van der Waals surface area contributed by atoms with Crippen LogP contribution in [0.2, 0.25) is 0 Å². The van der Waals surface area contributed by atoms with Gasteiger partial charge in [0.05, 0.1) is 29.3 Å². The van der Waals surface area contributed by atoms with Gasteiger partial charge in [0.25, 0.3) is 0 Å². The minimum atomic E-state index is -3.90. The molecule has 0 aliphatic rings. The summed E-state index contributed by atoms with van der Waals surface area (Å²) in [5.74, 6) is -0.456. The van der Waals surface area contributed by atoms with Crippen LogP contribution in [0.25, 0.3) is 33.7 Å². The number of pyridine rings is 2. The van der Waals surface area contributed by atoms with E-state index in [-0.39, 0.29) is 34.7 Å². The van der Waals surface area contributed by atoms with Gasteiger partial charge in [-0.25, -0.2) is 32.7 Å². The van der Waals surface area contributed by atoms with Crippen LogP contribution in [0.1, 0.15) is 12.0 Å². The van der Waals surface area contributed by atoms with Gasteiger partial charge in [0.1, 0.15) is 11.3 Å². The van der Waals surface area contributed by atoms with Crippen LogP contribution in [0, 0.1) is 12.7 Å². The molecule has 9 nitrogen and oxygen atoms in total. The summed E-state index contributed by atoms with van der Waals surface area (Å²) in [5.41, 5.74) is 14.0. The molecule has 12 heteroatoms. The fourth-order valence-corrected chi connectivity index (χ4v) is 4.38. The highest BCUT2D eigenvalue weighted by atomic mass is 32.2. The van der Waals surface area contributed by atoms with Crippen LogP contribution in [0.3, 0.4) is 0 Å². The van der Waals surface area contributed by atoms with Gasteiger partial charge in [0, 0.05) is 17.3 Å². The van der Waals surface area contributed by atoms with Crippen LogP contribution < -0.4 is 16.2 Å². The predicted octanol–water partition coefficient (Wildman–Crippen LogP) is 3.47. The third-order valence-electron chi connectivity index (χ3n) is 5.03. The number of anilines is 3. The smallest absolute Gasteiger partial charge is 0.232 e. The molecule has 34 heavy (non-hydrogen) atoms. The third kappa shape index (κ3) is 4.71. The number of halogens is 2. The number of fused-ring (bicyclic) bond motifs is 1. The van der Waals surface area contributed by atoms with Gasteiger partial charge >= 0.3 is 0 Å². The second-order valence-corrected chi connectivity index (χ2v) is 9.40. The van der Waals surface area contributed by atoms with Crippen molar-refractivity contribution < 1.29 is 17.2 Å². The van der Waals surface area contributed by atoms with Gasteiger partial charge in [0.2, 0.25) is 10.0 Å². The lowest BCUT2D eigenvalue weighted by molar-refractivity contribution is 0.484. The highest BCUT2D eigenvalue weighted by molar-refractivity contribution is 7.92. The van der Waals surface area contributed by atoms with Gasteiger partial charge < -0.3 is 11.5 Å². The second kappa shape index (κ2) is 9.14. The molecule has 176 valence electrons. The first-order valence-electron chi connectivity index (χ1n) is 10.2. The number of aromatic nitrogens is 4. The Labute approximate surface area is 194 Å². The fourth-order valence-electron chi connectivity index (χ4n) is 3.30. The van der Waals surface area contributed by atoms with E-state index in [0.717, 1.165) is 5.56 Å². The van der Waals surface area contributed by atoms with E-state index in [2.05, 4.69) is 24.7 Å². The summed E-state index contributed by atoms with van der Waals surface area (Å²) in [4.78, 5) is 17.3. The number of aryl methyl sites for hydroxylation is 1. The van der Waals surface area contributed by atoms with Crippen LogP contribution in [0.4, 0.5) is 26.1 Å². The molecule has 5 N–H and O–H groups in total. The molecule has 0 amide bonds. The molecule has 0 bridgehead atoms. The maximum absolute atomic E-state index is 15.1. The van der Waals surface area contributed by atoms with Crippen molar-refractivity contribution in [3.05, 3.63) is 54.0 Å². The van der Waals surface area contributed by atoms with Crippen molar-refractivity contribution >= 4 is 38.4 Å². The summed E-state index contributed by atoms with van der Waals surface area (Å²) in [5, 5.41) is 0. The summed E-state index contributed by atoms with van der Waals surface area (Å²) in [6, 6.07) is 9.17. The lowest BCUT2D eigenvalue weighted by Gasteiger charge is -2.12. The van der Waals surface area contributed by atoms with Crippen LogP contribution >= 0.6 is 0 Å². The largest absolute Gasteiger partial charge is 0.383 e. The number of benzene rings is 1.